The smallest absolute Gasteiger partial charge is 0.0802 e. The fraction of sp³-hybridized carbons (Fsp3) is 0.500. The number of aliphatic hydroxyl groups excluding tert-OH is 1. The SMILES string of the molecule is CC(C)NCC[C@H](O)c1ccccc1. The van der Waals surface area contributed by atoms with Gasteiger partial charge >= 0.3 is 0 Å². The highest BCUT2D eigenvalue weighted by Crippen LogP contribution is 2.14. The summed E-state index contributed by atoms with van der Waals surface area (Å²) in [6.07, 6.45) is 0.421. The molecule has 2 heteroatoms. The lowest BCUT2D eigenvalue weighted by Gasteiger charge is -2.12. The highest BCUT2D eigenvalue weighted by Gasteiger charge is 2.05. The minimum atomic E-state index is -0.345. The van der Waals surface area contributed by atoms with Gasteiger partial charge in [0.1, 0.15) is 0 Å². The van der Waals surface area contributed by atoms with Gasteiger partial charge in [0, 0.05) is 6.04 Å². The molecular weight excluding hydrogens is 174 g/mol. The molecule has 1 atom stereocenters. The van der Waals surface area contributed by atoms with E-state index in [4.69, 9.17) is 0 Å². The highest BCUT2D eigenvalue weighted by atomic mass is 16.3. The quantitative estimate of drug-likeness (QED) is 0.750. The monoisotopic (exact) mass is 193 g/mol. The minimum Gasteiger partial charge on any atom is -0.388 e. The maximum absolute atomic E-state index is 9.79. The van der Waals surface area contributed by atoms with E-state index in [9.17, 15) is 5.11 Å². The Kier molecular flexibility index (Phi) is 4.63. The average Bonchev–Trinajstić information content (AvgIpc) is 2.18. The summed E-state index contributed by atoms with van der Waals surface area (Å²) in [5.74, 6) is 0. The van der Waals surface area contributed by atoms with Gasteiger partial charge in [0.15, 0.2) is 0 Å². The van der Waals surface area contributed by atoms with Gasteiger partial charge in [-0.25, -0.2) is 0 Å². The fourth-order valence-electron chi connectivity index (χ4n) is 1.35. The zero-order chi connectivity index (χ0) is 10.4. The lowest BCUT2D eigenvalue weighted by Crippen LogP contribution is -2.24. The van der Waals surface area contributed by atoms with Crippen LogP contribution >= 0.6 is 0 Å². The molecule has 0 unspecified atom stereocenters. The van der Waals surface area contributed by atoms with E-state index in [1.807, 2.05) is 30.3 Å². The van der Waals surface area contributed by atoms with Crippen molar-refractivity contribution in [3.05, 3.63) is 35.9 Å². The van der Waals surface area contributed by atoms with Crippen LogP contribution in [-0.2, 0) is 0 Å². The van der Waals surface area contributed by atoms with Crippen molar-refractivity contribution in [1.29, 1.82) is 0 Å². The summed E-state index contributed by atoms with van der Waals surface area (Å²) in [5.41, 5.74) is 0.998. The van der Waals surface area contributed by atoms with Crippen molar-refractivity contribution in [2.75, 3.05) is 6.54 Å². The third kappa shape index (κ3) is 3.90. The predicted molar refractivity (Wildman–Crippen MR) is 59.2 cm³/mol. The van der Waals surface area contributed by atoms with Crippen LogP contribution in [0.3, 0.4) is 0 Å². The van der Waals surface area contributed by atoms with Gasteiger partial charge in [0.05, 0.1) is 6.10 Å². The van der Waals surface area contributed by atoms with Crippen LogP contribution in [-0.4, -0.2) is 17.7 Å². The van der Waals surface area contributed by atoms with E-state index in [0.29, 0.717) is 6.04 Å². The molecule has 0 saturated heterocycles. The van der Waals surface area contributed by atoms with E-state index in [2.05, 4.69) is 19.2 Å². The lowest BCUT2D eigenvalue weighted by molar-refractivity contribution is 0.166. The van der Waals surface area contributed by atoms with Crippen LogP contribution in [0.25, 0.3) is 0 Å². The Morgan fingerprint density at radius 2 is 1.86 bits per heavy atom. The summed E-state index contributed by atoms with van der Waals surface area (Å²) in [6.45, 7) is 5.07. The van der Waals surface area contributed by atoms with Crippen molar-refractivity contribution in [1.82, 2.24) is 5.32 Å². The number of benzene rings is 1. The molecule has 2 N–H and O–H groups in total. The fourth-order valence-corrected chi connectivity index (χ4v) is 1.35. The van der Waals surface area contributed by atoms with Crippen molar-refractivity contribution >= 4 is 0 Å². The van der Waals surface area contributed by atoms with Crippen LogP contribution in [0.5, 0.6) is 0 Å². The molecule has 0 spiro atoms. The molecule has 1 aromatic carbocycles. The normalized spacial score (nSPS) is 13.1. The Morgan fingerprint density at radius 3 is 2.43 bits per heavy atom. The Hall–Kier alpha value is -0.860. The average molecular weight is 193 g/mol. The third-order valence-corrected chi connectivity index (χ3v) is 2.15. The maximum atomic E-state index is 9.79. The van der Waals surface area contributed by atoms with Crippen LogP contribution in [0.15, 0.2) is 30.3 Å². The Bertz CT molecular complexity index is 246. The second-order valence-corrected chi connectivity index (χ2v) is 3.82. The minimum absolute atomic E-state index is 0.345. The van der Waals surface area contributed by atoms with Gasteiger partial charge in [0.25, 0.3) is 0 Å². The highest BCUT2D eigenvalue weighted by molar-refractivity contribution is 5.17. The van der Waals surface area contributed by atoms with Gasteiger partial charge in [-0.1, -0.05) is 44.2 Å². The van der Waals surface area contributed by atoms with E-state index in [1.165, 1.54) is 0 Å². The number of rotatable bonds is 5. The molecular formula is C12H19NO. The maximum Gasteiger partial charge on any atom is 0.0802 e. The van der Waals surface area contributed by atoms with Gasteiger partial charge in [-0.3, -0.25) is 0 Å². The topological polar surface area (TPSA) is 32.3 Å². The second kappa shape index (κ2) is 5.78. The molecule has 0 amide bonds. The van der Waals surface area contributed by atoms with E-state index < -0.39 is 0 Å². The first-order chi connectivity index (χ1) is 6.70. The Labute approximate surface area is 86.0 Å². The molecule has 0 saturated carbocycles. The molecule has 0 heterocycles. The number of nitrogens with one attached hydrogen (secondary N) is 1. The lowest BCUT2D eigenvalue weighted by atomic mass is 10.1. The summed E-state index contributed by atoms with van der Waals surface area (Å²) in [7, 11) is 0. The molecule has 0 bridgehead atoms. The molecule has 0 radical (unpaired) electrons. The predicted octanol–water partition coefficient (Wildman–Crippen LogP) is 2.11. The molecule has 0 fully saturated rings. The Morgan fingerprint density at radius 1 is 1.21 bits per heavy atom. The standard InChI is InChI=1S/C12H19NO/c1-10(2)13-9-8-12(14)11-6-4-3-5-7-11/h3-7,10,12-14H,8-9H2,1-2H3/t12-/m0/s1. The second-order valence-electron chi connectivity index (χ2n) is 3.82. The van der Waals surface area contributed by atoms with Gasteiger partial charge in [-0.05, 0) is 18.5 Å². The molecule has 14 heavy (non-hydrogen) atoms. The van der Waals surface area contributed by atoms with E-state index in [1.54, 1.807) is 0 Å². The first-order valence-electron chi connectivity index (χ1n) is 5.16. The van der Waals surface area contributed by atoms with Crippen molar-refractivity contribution in [2.24, 2.45) is 0 Å². The van der Waals surface area contributed by atoms with Crippen LogP contribution in [0, 0.1) is 0 Å². The number of hydrogen-bond donors (Lipinski definition) is 2. The largest absolute Gasteiger partial charge is 0.388 e. The summed E-state index contributed by atoms with van der Waals surface area (Å²) in [4.78, 5) is 0. The van der Waals surface area contributed by atoms with E-state index >= 15 is 0 Å². The molecule has 0 aromatic heterocycles. The molecule has 0 aliphatic rings. The zero-order valence-corrected chi connectivity index (χ0v) is 8.90. The summed E-state index contributed by atoms with van der Waals surface area (Å²) < 4.78 is 0. The summed E-state index contributed by atoms with van der Waals surface area (Å²) in [6, 6.07) is 10.3. The van der Waals surface area contributed by atoms with Crippen molar-refractivity contribution in [3.63, 3.8) is 0 Å². The van der Waals surface area contributed by atoms with Gasteiger partial charge in [-0.2, -0.15) is 0 Å². The first-order valence-corrected chi connectivity index (χ1v) is 5.16. The summed E-state index contributed by atoms with van der Waals surface area (Å²) >= 11 is 0. The van der Waals surface area contributed by atoms with Gasteiger partial charge < -0.3 is 10.4 Å². The summed E-state index contributed by atoms with van der Waals surface area (Å²) in [5, 5.41) is 13.1. The molecule has 1 rings (SSSR count). The zero-order valence-electron chi connectivity index (χ0n) is 8.90. The van der Waals surface area contributed by atoms with E-state index in [-0.39, 0.29) is 6.10 Å². The van der Waals surface area contributed by atoms with Crippen LogP contribution in [0.4, 0.5) is 0 Å². The molecule has 0 aliphatic heterocycles. The van der Waals surface area contributed by atoms with Crippen molar-refractivity contribution in [3.8, 4) is 0 Å². The third-order valence-electron chi connectivity index (χ3n) is 2.15. The molecule has 0 aliphatic carbocycles. The van der Waals surface area contributed by atoms with Crippen LogP contribution in [0.1, 0.15) is 31.9 Å². The van der Waals surface area contributed by atoms with E-state index in [0.717, 1.165) is 18.5 Å². The number of hydrogen-bond acceptors (Lipinski definition) is 2. The molecule has 78 valence electrons. The Balaban J connectivity index is 2.32. The molecule has 1 aromatic rings. The molecule has 2 nitrogen and oxygen atoms in total. The van der Waals surface area contributed by atoms with Gasteiger partial charge in [0.2, 0.25) is 0 Å². The van der Waals surface area contributed by atoms with Crippen molar-refractivity contribution < 1.29 is 5.11 Å². The van der Waals surface area contributed by atoms with Crippen LogP contribution < -0.4 is 5.32 Å². The van der Waals surface area contributed by atoms with Gasteiger partial charge in [-0.15, -0.1) is 0 Å². The van der Waals surface area contributed by atoms with Crippen LogP contribution in [0.2, 0.25) is 0 Å². The van der Waals surface area contributed by atoms with Crippen molar-refractivity contribution in [2.45, 2.75) is 32.4 Å². The number of aliphatic hydroxyl groups is 1. The first kappa shape index (κ1) is 11.2.